The van der Waals surface area contributed by atoms with Crippen LogP contribution < -0.4 is 16.0 Å². The number of nitrogens with one attached hydrogen (secondary N) is 1. The molecule has 0 fully saturated rings. The first-order valence-corrected chi connectivity index (χ1v) is 10.0. The molecule has 0 saturated heterocycles. The van der Waals surface area contributed by atoms with Gasteiger partial charge in [-0.3, -0.25) is 9.78 Å². The van der Waals surface area contributed by atoms with Gasteiger partial charge in [0.15, 0.2) is 0 Å². The Labute approximate surface area is 170 Å². The number of carbonyl (C=O) groups excluding carboxylic acids is 1. The van der Waals surface area contributed by atoms with Crippen LogP contribution >= 0.6 is 11.6 Å². The Morgan fingerprint density at radius 1 is 1.36 bits per heavy atom. The summed E-state index contributed by atoms with van der Waals surface area (Å²) in [5.41, 5.74) is 11.4. The summed E-state index contributed by atoms with van der Waals surface area (Å²) in [4.78, 5) is 27.5. The Kier molecular flexibility index (Phi) is 6.03. The van der Waals surface area contributed by atoms with Crippen molar-refractivity contribution in [3.05, 3.63) is 39.3 Å². The van der Waals surface area contributed by atoms with Gasteiger partial charge < -0.3 is 16.0 Å². The lowest BCUT2D eigenvalue weighted by molar-refractivity contribution is -0.121. The molecule has 1 aliphatic rings. The number of amides is 1. The molecule has 2 aromatic heterocycles. The van der Waals surface area contributed by atoms with E-state index >= 15 is 0 Å². The van der Waals surface area contributed by atoms with E-state index in [-0.39, 0.29) is 17.8 Å². The van der Waals surface area contributed by atoms with Gasteiger partial charge in [0.2, 0.25) is 11.9 Å². The minimum atomic E-state index is -0.0777. The molecular formula is C20H27ClN6O. The number of aromatic nitrogens is 3. The lowest BCUT2D eigenvalue weighted by Gasteiger charge is -2.21. The minimum absolute atomic E-state index is 0.00824. The fourth-order valence-corrected chi connectivity index (χ4v) is 4.31. The van der Waals surface area contributed by atoms with E-state index in [2.05, 4.69) is 45.9 Å². The summed E-state index contributed by atoms with van der Waals surface area (Å²) in [5, 5.41) is 3.17. The van der Waals surface area contributed by atoms with E-state index in [9.17, 15) is 4.79 Å². The number of rotatable bonds is 6. The van der Waals surface area contributed by atoms with Crippen molar-refractivity contribution in [2.24, 2.45) is 0 Å². The van der Waals surface area contributed by atoms with Crippen LogP contribution in [0.1, 0.15) is 54.1 Å². The second kappa shape index (κ2) is 8.31. The van der Waals surface area contributed by atoms with Gasteiger partial charge in [0.25, 0.3) is 0 Å². The van der Waals surface area contributed by atoms with E-state index in [1.807, 2.05) is 13.1 Å². The molecule has 28 heavy (non-hydrogen) atoms. The van der Waals surface area contributed by atoms with Crippen LogP contribution in [0.2, 0.25) is 5.15 Å². The third kappa shape index (κ3) is 3.90. The molecule has 3 N–H and O–H groups in total. The standard InChI is InChI=1S/C20H27ClN6O/c1-5-14-11(3)8-24-15(12(14)4)10-27-9-13(7-16(28)23-6-2)17-18(21)25-20(22)26-19(17)27/h8,13H,5-7,9-10H2,1-4H3,(H,23,28)(H2,22,25,26)/t13-/m0/s1. The summed E-state index contributed by atoms with van der Waals surface area (Å²) in [7, 11) is 0. The van der Waals surface area contributed by atoms with Crippen molar-refractivity contribution in [3.63, 3.8) is 0 Å². The molecule has 8 heteroatoms. The summed E-state index contributed by atoms with van der Waals surface area (Å²) in [6.07, 6.45) is 3.22. The predicted octanol–water partition coefficient (Wildman–Crippen LogP) is 2.92. The molecule has 2 aromatic rings. The van der Waals surface area contributed by atoms with Crippen LogP contribution in [0.5, 0.6) is 0 Å². The summed E-state index contributed by atoms with van der Waals surface area (Å²) in [6.45, 7) is 10.1. The van der Waals surface area contributed by atoms with Crippen molar-refractivity contribution in [1.82, 2.24) is 20.3 Å². The first kappa shape index (κ1) is 20.3. The van der Waals surface area contributed by atoms with Crippen LogP contribution in [-0.2, 0) is 17.8 Å². The molecular weight excluding hydrogens is 376 g/mol. The molecule has 1 amide bonds. The molecule has 7 nitrogen and oxygen atoms in total. The third-order valence-corrected chi connectivity index (χ3v) is 5.61. The van der Waals surface area contributed by atoms with Crippen LogP contribution in [0.25, 0.3) is 0 Å². The molecule has 3 heterocycles. The zero-order chi connectivity index (χ0) is 20.4. The highest BCUT2D eigenvalue weighted by Crippen LogP contribution is 2.41. The second-order valence-electron chi connectivity index (χ2n) is 7.19. The average molecular weight is 403 g/mol. The zero-order valence-electron chi connectivity index (χ0n) is 16.8. The minimum Gasteiger partial charge on any atom is -0.368 e. The molecule has 1 aliphatic heterocycles. The molecule has 150 valence electrons. The molecule has 1 atom stereocenters. The van der Waals surface area contributed by atoms with Crippen molar-refractivity contribution < 1.29 is 4.79 Å². The number of fused-ring (bicyclic) bond motifs is 1. The van der Waals surface area contributed by atoms with Crippen LogP contribution in [0.3, 0.4) is 0 Å². The van der Waals surface area contributed by atoms with Gasteiger partial charge in [-0.25, -0.2) is 4.98 Å². The maximum Gasteiger partial charge on any atom is 0.223 e. The average Bonchev–Trinajstić information content (AvgIpc) is 2.95. The van der Waals surface area contributed by atoms with Gasteiger partial charge in [-0.05, 0) is 43.9 Å². The lowest BCUT2D eigenvalue weighted by Crippen LogP contribution is -2.27. The van der Waals surface area contributed by atoms with E-state index < -0.39 is 0 Å². The Hall–Kier alpha value is -2.41. The number of nitrogens with zero attached hydrogens (tertiary/aromatic N) is 4. The van der Waals surface area contributed by atoms with Crippen LogP contribution in [0.15, 0.2) is 6.20 Å². The number of aryl methyl sites for hydroxylation is 1. The molecule has 0 spiro atoms. The smallest absolute Gasteiger partial charge is 0.223 e. The van der Waals surface area contributed by atoms with Gasteiger partial charge >= 0.3 is 0 Å². The molecule has 0 radical (unpaired) electrons. The Balaban J connectivity index is 1.94. The normalized spacial score (nSPS) is 15.6. The molecule has 0 aliphatic carbocycles. The molecule has 0 saturated carbocycles. The number of hydrogen-bond donors (Lipinski definition) is 2. The van der Waals surface area contributed by atoms with Crippen LogP contribution in [0.4, 0.5) is 11.8 Å². The van der Waals surface area contributed by atoms with Crippen LogP contribution in [0, 0.1) is 13.8 Å². The van der Waals surface area contributed by atoms with E-state index in [4.69, 9.17) is 17.3 Å². The van der Waals surface area contributed by atoms with Crippen molar-refractivity contribution in [1.29, 1.82) is 0 Å². The van der Waals surface area contributed by atoms with Crippen LogP contribution in [-0.4, -0.2) is 33.9 Å². The Morgan fingerprint density at radius 2 is 2.11 bits per heavy atom. The number of carbonyl (C=O) groups is 1. The van der Waals surface area contributed by atoms with Crippen molar-refractivity contribution in [2.75, 3.05) is 23.7 Å². The summed E-state index contributed by atoms with van der Waals surface area (Å²) >= 11 is 6.39. The number of pyridine rings is 1. The van der Waals surface area contributed by atoms with E-state index in [1.54, 1.807) is 0 Å². The first-order chi connectivity index (χ1) is 13.3. The molecule has 0 bridgehead atoms. The molecule has 0 aromatic carbocycles. The first-order valence-electron chi connectivity index (χ1n) is 9.64. The highest BCUT2D eigenvalue weighted by Gasteiger charge is 2.35. The Morgan fingerprint density at radius 3 is 2.79 bits per heavy atom. The summed E-state index contributed by atoms with van der Waals surface area (Å²) in [6, 6.07) is 0. The fraction of sp³-hybridized carbons (Fsp3) is 0.500. The monoisotopic (exact) mass is 402 g/mol. The highest BCUT2D eigenvalue weighted by atomic mass is 35.5. The van der Waals surface area contributed by atoms with Crippen molar-refractivity contribution in [3.8, 4) is 0 Å². The second-order valence-corrected chi connectivity index (χ2v) is 7.55. The maximum absolute atomic E-state index is 12.2. The van der Waals surface area contributed by atoms with E-state index in [0.29, 0.717) is 37.0 Å². The van der Waals surface area contributed by atoms with Crippen molar-refractivity contribution >= 4 is 29.3 Å². The maximum atomic E-state index is 12.2. The number of nitrogens with two attached hydrogens (primary N) is 1. The SMILES string of the molecule is CCNC(=O)C[C@H]1CN(Cc2ncc(C)c(CC)c2C)c2nc(N)nc(Cl)c21. The molecule has 0 unspecified atom stereocenters. The van der Waals surface area contributed by atoms with E-state index in [1.165, 1.54) is 16.7 Å². The number of halogens is 1. The van der Waals surface area contributed by atoms with E-state index in [0.717, 1.165) is 17.7 Å². The predicted molar refractivity (Wildman–Crippen MR) is 112 cm³/mol. The zero-order valence-corrected chi connectivity index (χ0v) is 17.6. The van der Waals surface area contributed by atoms with Gasteiger partial charge in [0.05, 0.1) is 12.2 Å². The van der Waals surface area contributed by atoms with Gasteiger partial charge in [-0.1, -0.05) is 18.5 Å². The largest absolute Gasteiger partial charge is 0.368 e. The Bertz CT molecular complexity index is 901. The lowest BCUT2D eigenvalue weighted by atomic mass is 10.00. The number of anilines is 2. The number of nitrogen functional groups attached to an aromatic ring is 1. The quantitative estimate of drug-likeness (QED) is 0.721. The fourth-order valence-electron chi connectivity index (χ4n) is 3.99. The topological polar surface area (TPSA) is 97.0 Å². The summed E-state index contributed by atoms with van der Waals surface area (Å²) < 4.78 is 0. The summed E-state index contributed by atoms with van der Waals surface area (Å²) in [5.74, 6) is 0.749. The van der Waals surface area contributed by atoms with Gasteiger partial charge in [-0.15, -0.1) is 0 Å². The van der Waals surface area contributed by atoms with Gasteiger partial charge in [0.1, 0.15) is 11.0 Å². The number of hydrogen-bond acceptors (Lipinski definition) is 6. The third-order valence-electron chi connectivity index (χ3n) is 5.32. The highest BCUT2D eigenvalue weighted by molar-refractivity contribution is 6.30. The van der Waals surface area contributed by atoms with Gasteiger partial charge in [-0.2, -0.15) is 4.98 Å². The molecule has 3 rings (SSSR count). The van der Waals surface area contributed by atoms with Crippen molar-refractivity contribution in [2.45, 2.75) is 53.0 Å². The van der Waals surface area contributed by atoms with Gasteiger partial charge in [0, 0.05) is 37.2 Å².